The van der Waals surface area contributed by atoms with Crippen LogP contribution in [-0.2, 0) is 4.74 Å². The number of hydrogen-bond acceptors (Lipinski definition) is 6. The number of H-pyrrole nitrogens is 1. The third-order valence-electron chi connectivity index (χ3n) is 4.91. The van der Waals surface area contributed by atoms with E-state index in [-0.39, 0.29) is 0 Å². The zero-order valence-electron chi connectivity index (χ0n) is 14.6. The highest BCUT2D eigenvalue weighted by molar-refractivity contribution is 5.92. The standard InChI is InChI=1S/C18H19N7O/c1-10-9-25-16(21-10)4-3-15(24-25)13-7-19-17-14(13)8-20-18(23-17)22-11-5-12(6-11)26-2/h3-4,7-9,11-12H,5-6H2,1-2H3,(H2,19,20,22,23)/t11-,12+. The molecule has 0 bridgehead atoms. The maximum absolute atomic E-state index is 5.31. The van der Waals surface area contributed by atoms with Crippen LogP contribution < -0.4 is 5.32 Å². The van der Waals surface area contributed by atoms with Crippen LogP contribution in [0.15, 0.2) is 30.7 Å². The fourth-order valence-electron chi connectivity index (χ4n) is 3.39. The van der Waals surface area contributed by atoms with Crippen LogP contribution in [0.3, 0.4) is 0 Å². The summed E-state index contributed by atoms with van der Waals surface area (Å²) >= 11 is 0. The lowest BCUT2D eigenvalue weighted by molar-refractivity contribution is 0.0327. The zero-order chi connectivity index (χ0) is 17.7. The minimum absolute atomic E-state index is 0.348. The van der Waals surface area contributed by atoms with Crippen LogP contribution in [0.4, 0.5) is 5.95 Å². The number of imidazole rings is 1. The third kappa shape index (κ3) is 2.50. The van der Waals surface area contributed by atoms with Gasteiger partial charge in [0.05, 0.1) is 23.7 Å². The van der Waals surface area contributed by atoms with E-state index in [1.165, 1.54) is 0 Å². The summed E-state index contributed by atoms with van der Waals surface area (Å²) in [6.45, 7) is 1.96. The zero-order valence-corrected chi connectivity index (χ0v) is 14.6. The minimum atomic E-state index is 0.348. The first kappa shape index (κ1) is 15.3. The summed E-state index contributed by atoms with van der Waals surface area (Å²) in [4.78, 5) is 16.7. The Kier molecular flexibility index (Phi) is 3.39. The Bertz CT molecular complexity index is 1090. The topological polar surface area (TPSA) is 93.0 Å². The number of rotatable bonds is 4. The summed E-state index contributed by atoms with van der Waals surface area (Å²) < 4.78 is 7.10. The second kappa shape index (κ2) is 5.77. The number of nitrogens with zero attached hydrogens (tertiary/aromatic N) is 5. The molecule has 1 saturated carbocycles. The molecule has 0 saturated heterocycles. The van der Waals surface area contributed by atoms with Crippen LogP contribution in [0, 0.1) is 6.92 Å². The molecule has 4 heterocycles. The van der Waals surface area contributed by atoms with Crippen LogP contribution in [0.5, 0.6) is 0 Å². The van der Waals surface area contributed by atoms with Gasteiger partial charge in [-0.15, -0.1) is 0 Å². The Morgan fingerprint density at radius 3 is 3.00 bits per heavy atom. The quantitative estimate of drug-likeness (QED) is 0.588. The number of ether oxygens (including phenoxy) is 1. The van der Waals surface area contributed by atoms with Gasteiger partial charge in [-0.3, -0.25) is 0 Å². The van der Waals surface area contributed by atoms with Gasteiger partial charge in [0.2, 0.25) is 5.95 Å². The smallest absolute Gasteiger partial charge is 0.224 e. The fourth-order valence-corrected chi connectivity index (χ4v) is 3.39. The van der Waals surface area contributed by atoms with E-state index in [1.807, 2.05) is 37.6 Å². The number of anilines is 1. The number of aromatic nitrogens is 6. The molecule has 8 nitrogen and oxygen atoms in total. The summed E-state index contributed by atoms with van der Waals surface area (Å²) in [5, 5.41) is 8.96. The maximum atomic E-state index is 5.31. The van der Waals surface area contributed by atoms with Gasteiger partial charge in [0.15, 0.2) is 5.65 Å². The average Bonchev–Trinajstić information content (AvgIpc) is 3.18. The predicted molar refractivity (Wildman–Crippen MR) is 98.0 cm³/mol. The molecule has 1 aliphatic carbocycles. The van der Waals surface area contributed by atoms with Crippen molar-refractivity contribution in [2.75, 3.05) is 12.4 Å². The average molecular weight is 349 g/mol. The molecule has 1 fully saturated rings. The van der Waals surface area contributed by atoms with Crippen molar-refractivity contribution < 1.29 is 4.74 Å². The number of hydrogen-bond donors (Lipinski definition) is 2. The number of nitrogens with one attached hydrogen (secondary N) is 2. The molecule has 2 N–H and O–H groups in total. The van der Waals surface area contributed by atoms with Crippen LogP contribution in [0.1, 0.15) is 18.5 Å². The highest BCUT2D eigenvalue weighted by atomic mass is 16.5. The summed E-state index contributed by atoms with van der Waals surface area (Å²) in [6, 6.07) is 4.31. The largest absolute Gasteiger partial charge is 0.381 e. The van der Waals surface area contributed by atoms with E-state index in [0.717, 1.165) is 46.5 Å². The Balaban J connectivity index is 1.45. The highest BCUT2D eigenvalue weighted by Gasteiger charge is 2.29. The number of fused-ring (bicyclic) bond motifs is 2. The first-order chi connectivity index (χ1) is 12.7. The van der Waals surface area contributed by atoms with E-state index in [1.54, 1.807) is 11.6 Å². The van der Waals surface area contributed by atoms with E-state index in [9.17, 15) is 0 Å². The summed E-state index contributed by atoms with van der Waals surface area (Å²) in [7, 11) is 1.75. The highest BCUT2D eigenvalue weighted by Crippen LogP contribution is 2.28. The minimum Gasteiger partial charge on any atom is -0.381 e. The van der Waals surface area contributed by atoms with Gasteiger partial charge in [0.25, 0.3) is 0 Å². The van der Waals surface area contributed by atoms with Gasteiger partial charge in [-0.25, -0.2) is 14.5 Å². The van der Waals surface area contributed by atoms with Crippen molar-refractivity contribution >= 4 is 22.6 Å². The molecule has 0 radical (unpaired) electrons. The number of aromatic amines is 1. The van der Waals surface area contributed by atoms with Crippen molar-refractivity contribution in [3.63, 3.8) is 0 Å². The van der Waals surface area contributed by atoms with Gasteiger partial charge in [0.1, 0.15) is 5.65 Å². The van der Waals surface area contributed by atoms with Crippen LogP contribution in [0.2, 0.25) is 0 Å². The van der Waals surface area contributed by atoms with Gasteiger partial charge < -0.3 is 15.0 Å². The number of aryl methyl sites for hydroxylation is 1. The van der Waals surface area contributed by atoms with E-state index in [0.29, 0.717) is 18.1 Å². The van der Waals surface area contributed by atoms with Crippen LogP contribution in [-0.4, -0.2) is 48.8 Å². The van der Waals surface area contributed by atoms with E-state index >= 15 is 0 Å². The normalized spacial score (nSPS) is 19.8. The van der Waals surface area contributed by atoms with Crippen molar-refractivity contribution in [2.24, 2.45) is 0 Å². The molecule has 1 aliphatic rings. The molecular formula is C18H19N7O. The van der Waals surface area contributed by atoms with E-state index in [2.05, 4.69) is 30.4 Å². The summed E-state index contributed by atoms with van der Waals surface area (Å²) in [6.07, 6.45) is 8.00. The van der Waals surface area contributed by atoms with Crippen molar-refractivity contribution in [1.82, 2.24) is 29.5 Å². The first-order valence-electron chi connectivity index (χ1n) is 8.66. The molecule has 0 aliphatic heterocycles. The monoisotopic (exact) mass is 349 g/mol. The maximum Gasteiger partial charge on any atom is 0.224 e. The second-order valence-corrected chi connectivity index (χ2v) is 6.73. The molecule has 0 unspecified atom stereocenters. The first-order valence-corrected chi connectivity index (χ1v) is 8.66. The van der Waals surface area contributed by atoms with Gasteiger partial charge in [-0.1, -0.05) is 0 Å². The Morgan fingerprint density at radius 2 is 2.15 bits per heavy atom. The molecule has 4 aromatic rings. The van der Waals surface area contributed by atoms with Crippen molar-refractivity contribution in [2.45, 2.75) is 31.9 Å². The molecule has 8 heteroatoms. The van der Waals surface area contributed by atoms with Crippen molar-refractivity contribution in [3.05, 3.63) is 36.4 Å². The molecule has 0 spiro atoms. The second-order valence-electron chi connectivity index (χ2n) is 6.73. The lowest BCUT2D eigenvalue weighted by Crippen LogP contribution is -2.40. The number of methoxy groups -OCH3 is 1. The molecule has 0 aromatic carbocycles. The molecule has 132 valence electrons. The predicted octanol–water partition coefficient (Wildman–Crippen LogP) is 2.57. The van der Waals surface area contributed by atoms with Gasteiger partial charge in [0, 0.05) is 36.5 Å². The summed E-state index contributed by atoms with van der Waals surface area (Å²) in [5.41, 5.74) is 4.40. The Hall–Kier alpha value is -3.00. The molecule has 4 aromatic heterocycles. The SMILES string of the molecule is CO[C@H]1C[C@@H](Nc2ncc3c(-c4ccc5nc(C)cn5n4)c[nH]c3n2)C1. The van der Waals surface area contributed by atoms with Crippen molar-refractivity contribution in [1.29, 1.82) is 0 Å². The van der Waals surface area contributed by atoms with E-state index in [4.69, 9.17) is 4.74 Å². The third-order valence-corrected chi connectivity index (χ3v) is 4.91. The summed E-state index contributed by atoms with van der Waals surface area (Å²) in [5.74, 6) is 0.638. The van der Waals surface area contributed by atoms with Crippen LogP contribution >= 0.6 is 0 Å². The molecule has 0 amide bonds. The van der Waals surface area contributed by atoms with E-state index < -0.39 is 0 Å². The van der Waals surface area contributed by atoms with Gasteiger partial charge >= 0.3 is 0 Å². The van der Waals surface area contributed by atoms with Gasteiger partial charge in [-0.05, 0) is 31.9 Å². The molecule has 5 rings (SSSR count). The molecule has 26 heavy (non-hydrogen) atoms. The van der Waals surface area contributed by atoms with Crippen molar-refractivity contribution in [3.8, 4) is 11.3 Å². The lowest BCUT2D eigenvalue weighted by Gasteiger charge is -2.34. The lowest BCUT2D eigenvalue weighted by atomic mass is 9.89. The Morgan fingerprint density at radius 1 is 1.27 bits per heavy atom. The van der Waals surface area contributed by atoms with Gasteiger partial charge in [-0.2, -0.15) is 10.1 Å². The van der Waals surface area contributed by atoms with Crippen LogP contribution in [0.25, 0.3) is 27.9 Å². The fraction of sp³-hybridized carbons (Fsp3) is 0.333. The molecular weight excluding hydrogens is 330 g/mol. The Labute approximate surface area is 149 Å². The molecule has 0 atom stereocenters.